The highest BCUT2D eigenvalue weighted by atomic mass is 35.5. The van der Waals surface area contributed by atoms with Crippen LogP contribution in [0.15, 0.2) is 333 Å². The third kappa shape index (κ3) is 20.6. The summed E-state index contributed by atoms with van der Waals surface area (Å²) in [5, 5.41) is 47.0. The quantitative estimate of drug-likeness (QED) is 0.0128. The van der Waals surface area contributed by atoms with E-state index in [-0.39, 0.29) is 22.7 Å². The van der Waals surface area contributed by atoms with Gasteiger partial charge in [0.25, 0.3) is 11.6 Å². The number of nitrogens with two attached hydrogens (primary N) is 9. The number of benzene rings is 16. The summed E-state index contributed by atoms with van der Waals surface area (Å²) in [7, 11) is -1.37. The molecule has 0 aliphatic rings. The molecule has 0 atom stereocenters. The van der Waals surface area contributed by atoms with Crippen LogP contribution in [-0.2, 0) is 4.57 Å². The van der Waals surface area contributed by atoms with E-state index in [1.807, 2.05) is 206 Å². The number of aromatic nitrogens is 8. The molecule has 144 heavy (non-hydrogen) atoms. The molecule has 0 spiro atoms. The van der Waals surface area contributed by atoms with Crippen LogP contribution < -0.4 is 65.6 Å². The average Bonchev–Trinajstić information content (AvgIpc) is 0.766. The molecule has 8 heterocycles. The monoisotopic (exact) mass is 1970 g/mol. The van der Waals surface area contributed by atoms with Crippen molar-refractivity contribution in [2.24, 2.45) is 10.8 Å². The normalized spacial score (nSPS) is 11.0. The number of hydrogen-bond donors (Lipinski definition) is 13. The maximum atomic E-state index is 11.4. The lowest BCUT2D eigenvalue weighted by molar-refractivity contribution is -0.384. The molecule has 36 heteroatoms. The molecule has 0 fully saturated rings. The number of phenols is 1. The predicted molar refractivity (Wildman–Crippen MR) is 578 cm³/mol. The van der Waals surface area contributed by atoms with Gasteiger partial charge in [-0.2, -0.15) is 0 Å². The van der Waals surface area contributed by atoms with Gasteiger partial charge in [-0.1, -0.05) is 162 Å². The smallest absolute Gasteiger partial charge is 0.508 e. The number of nitro groups is 1. The number of nitrogen functional groups attached to an aromatic ring is 8. The Labute approximate surface area is 825 Å². The maximum absolute atomic E-state index is 11.4. The van der Waals surface area contributed by atoms with Crippen molar-refractivity contribution >= 4 is 274 Å². The van der Waals surface area contributed by atoms with Crippen LogP contribution in [0.2, 0.25) is 10.0 Å². The standard InChI is InChI=1S/C14H11ClN2O.C14H11N5O.C14H11N3O.C14H10N2O2.C13H10ClN2O4P.C13H9N3O2.C13H10N2O.C13H10N2/c1-18-9-3-5-12-11(7-9)14(16)10-4-2-8(15)6-13(10)17-12;1-20-9-3-5-12-11(7-9)14(15)10-4-2-8(18-19-16)6-13(10)17-12;15-12-8-4-1-2-7-11(8)17-13-9(12)5-3-6-10(13)14(16)18;15-13-9-3-1-2-4-11(9)16-12-6-5-8(14(17)18)7-10(12)13;14-7-1-3-9-12(5-7)16-11-4-2-8(20-21(17,18)19)6-10(11)13(9)15;14-13-9-3-1-2-4-11(9)15-12-6-5-8(16(17)18)7-10(12)13;14-13-9-3-1-2-4-11(9)15-12-6-5-8(16)7-10(12)13;14-13-9-5-1-3-7-11(9)15-12-8-4-2-6-10(12)13/h2-7H,1H3,(H2,16,17);2-7H,1H3,(H2,15,17);1-7H,(H2,15,17)(H2,16,18);1-7H,(H2,15,16)(H,17,18);1-6H,(H2,15,16)(H2,17,18,19);1-7H,(H2,14,15);1-7,16H,(H2,14,15);1-8H,(H2,14,15). The Morgan fingerprint density at radius 3 is 1.05 bits per heavy atom. The summed E-state index contributed by atoms with van der Waals surface area (Å²) in [6, 6.07) is 97.3. The van der Waals surface area contributed by atoms with E-state index in [1.165, 1.54) is 30.3 Å². The number of carboxylic acid groups (broad SMARTS) is 1. The number of carbonyl (C=O) groups is 2. The van der Waals surface area contributed by atoms with Gasteiger partial charge in [0, 0.05) is 119 Å². The lowest BCUT2D eigenvalue weighted by atomic mass is 10.0. The number of hydrogen-bond acceptors (Lipinski definition) is 26. The van der Waals surface area contributed by atoms with Crippen LogP contribution in [0.1, 0.15) is 20.7 Å². The first-order valence-electron chi connectivity index (χ1n) is 43.7. The summed E-state index contributed by atoms with van der Waals surface area (Å²) >= 11 is 11.9. The van der Waals surface area contributed by atoms with Gasteiger partial charge in [-0.3, -0.25) is 24.7 Å². The van der Waals surface area contributed by atoms with E-state index >= 15 is 0 Å². The number of ether oxygens (including phenoxy) is 2. The van der Waals surface area contributed by atoms with Crippen LogP contribution in [-0.4, -0.2) is 90.9 Å². The van der Waals surface area contributed by atoms with Crippen LogP contribution in [0.3, 0.4) is 0 Å². The zero-order chi connectivity index (χ0) is 101. The molecule has 0 unspecified atom stereocenters. The fourth-order valence-electron chi connectivity index (χ4n) is 16.4. The highest BCUT2D eigenvalue weighted by Crippen LogP contribution is 2.43. The summed E-state index contributed by atoms with van der Waals surface area (Å²) in [6.07, 6.45) is 0. The minimum Gasteiger partial charge on any atom is -0.508 e. The van der Waals surface area contributed by atoms with E-state index in [2.05, 4.69) is 54.4 Å². The van der Waals surface area contributed by atoms with Crippen LogP contribution >= 0.6 is 31.0 Å². The number of primary amides is 1. The Hall–Kier alpha value is -19.1. The number of nitro benzene ring substituents is 1. The molecule has 0 saturated heterocycles. The molecular formula is C108H82Cl2N21O12P. The van der Waals surface area contributed by atoms with Gasteiger partial charge in [0.05, 0.1) is 164 Å². The molecule has 710 valence electrons. The van der Waals surface area contributed by atoms with Gasteiger partial charge in [-0.15, -0.1) is 0 Å². The van der Waals surface area contributed by atoms with Gasteiger partial charge in [0.1, 0.15) is 23.0 Å². The number of fused-ring (bicyclic) bond motifs is 16. The maximum Gasteiger partial charge on any atom is 0.524 e. The second-order valence-corrected chi connectivity index (χ2v) is 34.3. The number of pyridine rings is 8. The van der Waals surface area contributed by atoms with Crippen molar-refractivity contribution in [3.05, 3.63) is 369 Å². The molecular weight excluding hydrogens is 1890 g/mol. The van der Waals surface area contributed by atoms with Crippen molar-refractivity contribution in [1.82, 2.24) is 39.9 Å². The van der Waals surface area contributed by atoms with E-state index < -0.39 is 24.6 Å². The van der Waals surface area contributed by atoms with Crippen LogP contribution in [0, 0.1) is 10.1 Å². The topological polar surface area (TPSA) is 589 Å². The summed E-state index contributed by atoms with van der Waals surface area (Å²) in [4.78, 5) is 89.1. The number of aromatic carboxylic acids is 1. The number of carbonyl (C=O) groups excluding carboxylic acids is 1. The number of amides is 1. The average molecular weight is 1970 g/mol. The Morgan fingerprint density at radius 1 is 0.354 bits per heavy atom. The third-order valence-corrected chi connectivity index (χ3v) is 24.3. The van der Waals surface area contributed by atoms with Gasteiger partial charge < -0.3 is 75.8 Å². The molecule has 16 aromatic carbocycles. The summed E-state index contributed by atoms with van der Waals surface area (Å²) in [5.74, 6) is 0.265. The number of para-hydroxylation sites is 7. The van der Waals surface area contributed by atoms with Gasteiger partial charge in [-0.25, -0.2) is 49.2 Å². The molecule has 8 aromatic heterocycles. The molecule has 0 aliphatic heterocycles. The van der Waals surface area contributed by atoms with Crippen molar-refractivity contribution in [2.45, 2.75) is 0 Å². The molecule has 1 amide bonds. The number of phosphoric ester groups is 1. The number of halogens is 2. The second-order valence-electron chi connectivity index (χ2n) is 32.3. The van der Waals surface area contributed by atoms with Crippen molar-refractivity contribution in [1.29, 1.82) is 0 Å². The number of methoxy groups -OCH3 is 2. The first-order chi connectivity index (χ1) is 69.4. The van der Waals surface area contributed by atoms with Crippen molar-refractivity contribution in [3.63, 3.8) is 0 Å². The predicted octanol–water partition coefficient (Wildman–Crippen LogP) is 23.9. The van der Waals surface area contributed by atoms with Crippen LogP contribution in [0.4, 0.5) is 56.9 Å². The number of aromatic hydroxyl groups is 1. The van der Waals surface area contributed by atoms with Crippen LogP contribution in [0.5, 0.6) is 23.0 Å². The first kappa shape index (κ1) is 96.5. The Kier molecular flexibility index (Phi) is 27.7. The second kappa shape index (κ2) is 41.3. The van der Waals surface area contributed by atoms with Gasteiger partial charge in [-0.05, 0) is 188 Å². The van der Waals surface area contributed by atoms with E-state index in [0.717, 1.165) is 137 Å². The fraction of sp³-hybridized carbons (Fsp3) is 0.0185. The first-order valence-corrected chi connectivity index (χ1v) is 46.0. The number of carboxylic acids is 1. The molecule has 24 rings (SSSR count). The number of non-ortho nitro benzene ring substituents is 1. The van der Waals surface area contributed by atoms with Gasteiger partial charge >= 0.3 is 13.8 Å². The van der Waals surface area contributed by atoms with Gasteiger partial charge in [0.15, 0.2) is 0 Å². The lowest BCUT2D eigenvalue weighted by Gasteiger charge is -2.10. The highest BCUT2D eigenvalue weighted by Gasteiger charge is 2.21. The van der Waals surface area contributed by atoms with Crippen molar-refractivity contribution in [2.75, 3.05) is 60.1 Å². The molecule has 0 radical (unpaired) electrons. The van der Waals surface area contributed by atoms with Crippen molar-refractivity contribution < 1.29 is 53.1 Å². The van der Waals surface area contributed by atoms with E-state index in [1.54, 1.807) is 105 Å². The zero-order valence-electron chi connectivity index (χ0n) is 76.0. The summed E-state index contributed by atoms with van der Waals surface area (Å²) in [5.41, 5.74) is 81.1. The minimum absolute atomic E-state index is 0.0197. The number of rotatable bonds is 8. The Balaban J connectivity index is 0.000000113. The molecule has 33 nitrogen and oxygen atoms in total. The summed E-state index contributed by atoms with van der Waals surface area (Å²) in [6.45, 7) is 0. The Bertz CT molecular complexity index is 9220. The summed E-state index contributed by atoms with van der Waals surface area (Å²) < 4.78 is 25.8. The van der Waals surface area contributed by atoms with Gasteiger partial charge in [0.2, 0.25) is 0 Å². The largest absolute Gasteiger partial charge is 0.524 e. The zero-order valence-corrected chi connectivity index (χ0v) is 78.4. The minimum atomic E-state index is -4.61. The van der Waals surface area contributed by atoms with Crippen molar-refractivity contribution in [3.8, 4) is 23.0 Å². The molecule has 0 bridgehead atoms. The molecule has 22 N–H and O–H groups in total. The van der Waals surface area contributed by atoms with Crippen LogP contribution in [0.25, 0.3) is 185 Å². The number of nitrogens with zero attached hydrogens (tertiary/aromatic N) is 12. The molecule has 0 saturated carbocycles. The number of anilines is 8. The molecule has 24 aromatic rings. The SMILES string of the molecule is COc1ccc2nc3cc(Cl)ccc3c(N)c2c1.COc1ccc2nc3cc(N=[N+]=[N-])ccc3c(N)c2c1.NC(=O)c1cccc2c(N)c3ccccc3nc12.Nc1c2ccc(Cl)cc2nc2ccc(OP(=O)(O)O)cc12.Nc1c2ccccc2nc2ccc(C(=O)O)cc12.Nc1c2ccccc2nc2ccc(O)cc12.Nc1c2ccccc2nc2ccc([N+](=O)[O-])cc12.Nc1c2ccccc2nc2ccccc12. The Morgan fingerprint density at radius 2 is 0.660 bits per heavy atom. The van der Waals surface area contributed by atoms with E-state index in [0.29, 0.717) is 116 Å². The van der Waals surface area contributed by atoms with E-state index in [9.17, 15) is 29.4 Å². The number of phosphoric acid groups is 1. The highest BCUT2D eigenvalue weighted by molar-refractivity contribution is 7.46. The lowest BCUT2D eigenvalue weighted by Crippen LogP contribution is -2.12. The molecule has 0 aliphatic carbocycles. The third-order valence-electron chi connectivity index (χ3n) is 23.4. The fourth-order valence-corrected chi connectivity index (χ4v) is 17.1. The number of azide groups is 1. The van der Waals surface area contributed by atoms with E-state index in [4.69, 9.17) is 105 Å². The number of phenolic OH excluding ortho intramolecular Hbond substituents is 1.